The molecule has 0 bridgehead atoms. The van der Waals surface area contributed by atoms with Crippen molar-refractivity contribution in [3.8, 4) is 0 Å². The molecule has 0 spiro atoms. The Hall–Kier alpha value is -1.49. The predicted molar refractivity (Wildman–Crippen MR) is 68.4 cm³/mol. The maximum Gasteiger partial charge on any atom is 0.227 e. The Kier molecular flexibility index (Phi) is 4.14. The monoisotopic (exact) mass is 268 g/mol. The number of carbonyl (C=O) groups is 1. The van der Waals surface area contributed by atoms with Crippen molar-refractivity contribution in [1.29, 1.82) is 0 Å². The van der Waals surface area contributed by atoms with Crippen LogP contribution < -0.4 is 5.73 Å². The number of nitrogens with zero attached hydrogens (tertiary/aromatic N) is 1. The summed E-state index contributed by atoms with van der Waals surface area (Å²) in [4.78, 5) is 13.9. The van der Waals surface area contributed by atoms with Crippen molar-refractivity contribution in [1.82, 2.24) is 4.90 Å². The molecule has 1 saturated heterocycles. The Morgan fingerprint density at radius 3 is 2.84 bits per heavy atom. The van der Waals surface area contributed by atoms with Gasteiger partial charge in [-0.15, -0.1) is 0 Å². The van der Waals surface area contributed by atoms with Gasteiger partial charge in [-0.2, -0.15) is 0 Å². The van der Waals surface area contributed by atoms with Gasteiger partial charge in [0, 0.05) is 18.2 Å². The number of nitrogens with two attached hydrogens (primary N) is 1. The Balaban J connectivity index is 2.07. The Labute approximate surface area is 111 Å². The molecule has 5 heteroatoms. The van der Waals surface area contributed by atoms with E-state index in [2.05, 4.69) is 0 Å². The maximum atomic E-state index is 13.5. The van der Waals surface area contributed by atoms with Crippen LogP contribution in [0.1, 0.15) is 18.9 Å². The second kappa shape index (κ2) is 5.65. The SMILES string of the molecule is CC1CC(CN)CN1C(=O)Cc1cccc(F)c1F. The fourth-order valence-corrected chi connectivity index (χ4v) is 2.61. The van der Waals surface area contributed by atoms with E-state index in [1.165, 1.54) is 12.1 Å². The van der Waals surface area contributed by atoms with Crippen molar-refractivity contribution >= 4 is 5.91 Å². The van der Waals surface area contributed by atoms with E-state index >= 15 is 0 Å². The number of likely N-dealkylation sites (tertiary alicyclic amines) is 1. The molecular formula is C14H18F2N2O. The summed E-state index contributed by atoms with van der Waals surface area (Å²) in [6.07, 6.45) is 0.763. The highest BCUT2D eigenvalue weighted by Gasteiger charge is 2.31. The van der Waals surface area contributed by atoms with E-state index < -0.39 is 11.6 Å². The quantitative estimate of drug-likeness (QED) is 0.907. The van der Waals surface area contributed by atoms with E-state index in [0.717, 1.165) is 12.5 Å². The van der Waals surface area contributed by atoms with Crippen LogP contribution in [-0.2, 0) is 11.2 Å². The van der Waals surface area contributed by atoms with E-state index in [9.17, 15) is 13.6 Å². The molecule has 2 atom stereocenters. The lowest BCUT2D eigenvalue weighted by molar-refractivity contribution is -0.131. The predicted octanol–water partition coefficient (Wildman–Crippen LogP) is 1.70. The fourth-order valence-electron chi connectivity index (χ4n) is 2.61. The zero-order chi connectivity index (χ0) is 14.0. The average molecular weight is 268 g/mol. The van der Waals surface area contributed by atoms with Crippen LogP contribution in [0.4, 0.5) is 8.78 Å². The van der Waals surface area contributed by atoms with Gasteiger partial charge < -0.3 is 10.6 Å². The molecule has 0 aromatic heterocycles. The lowest BCUT2D eigenvalue weighted by Gasteiger charge is -2.21. The first kappa shape index (κ1) is 13.9. The Bertz CT molecular complexity index is 479. The van der Waals surface area contributed by atoms with Crippen molar-refractivity contribution in [3.63, 3.8) is 0 Å². The molecule has 1 aromatic rings. The smallest absolute Gasteiger partial charge is 0.227 e. The lowest BCUT2D eigenvalue weighted by Crippen LogP contribution is -2.35. The van der Waals surface area contributed by atoms with Gasteiger partial charge in [0.2, 0.25) is 5.91 Å². The molecule has 1 aromatic carbocycles. The average Bonchev–Trinajstić information content (AvgIpc) is 2.76. The van der Waals surface area contributed by atoms with E-state index in [-0.39, 0.29) is 23.9 Å². The summed E-state index contributed by atoms with van der Waals surface area (Å²) < 4.78 is 26.6. The first-order valence-corrected chi connectivity index (χ1v) is 6.45. The minimum absolute atomic E-state index is 0.105. The summed E-state index contributed by atoms with van der Waals surface area (Å²) in [5.41, 5.74) is 5.71. The van der Waals surface area contributed by atoms with Gasteiger partial charge in [0.25, 0.3) is 0 Å². The maximum absolute atomic E-state index is 13.5. The molecule has 1 amide bonds. The second-order valence-electron chi connectivity index (χ2n) is 5.12. The third kappa shape index (κ3) is 2.92. The van der Waals surface area contributed by atoms with Gasteiger partial charge in [-0.3, -0.25) is 4.79 Å². The number of halogens is 2. The molecule has 2 unspecified atom stereocenters. The summed E-state index contributed by atoms with van der Waals surface area (Å²) >= 11 is 0. The van der Waals surface area contributed by atoms with Crippen LogP contribution in [0.2, 0.25) is 0 Å². The van der Waals surface area contributed by atoms with E-state index in [4.69, 9.17) is 5.73 Å². The molecule has 19 heavy (non-hydrogen) atoms. The van der Waals surface area contributed by atoms with Crippen LogP contribution in [-0.4, -0.2) is 29.9 Å². The summed E-state index contributed by atoms with van der Waals surface area (Å²) in [7, 11) is 0. The number of hydrogen-bond acceptors (Lipinski definition) is 2. The van der Waals surface area contributed by atoms with Crippen molar-refractivity contribution in [2.75, 3.05) is 13.1 Å². The van der Waals surface area contributed by atoms with Gasteiger partial charge in [0.05, 0.1) is 6.42 Å². The van der Waals surface area contributed by atoms with Crippen LogP contribution >= 0.6 is 0 Å². The van der Waals surface area contributed by atoms with Crippen LogP contribution in [0.3, 0.4) is 0 Å². The summed E-state index contributed by atoms with van der Waals surface area (Å²) in [6, 6.07) is 4.01. The highest BCUT2D eigenvalue weighted by molar-refractivity contribution is 5.79. The molecular weight excluding hydrogens is 250 g/mol. The molecule has 1 heterocycles. The standard InChI is InChI=1S/C14H18F2N2O/c1-9-5-10(7-17)8-18(9)13(19)6-11-3-2-4-12(15)14(11)16/h2-4,9-10H,5-8,17H2,1H3. The fraction of sp³-hybridized carbons (Fsp3) is 0.500. The van der Waals surface area contributed by atoms with Crippen LogP contribution in [0.5, 0.6) is 0 Å². The summed E-state index contributed by atoms with van der Waals surface area (Å²) in [5.74, 6) is -1.72. The molecule has 0 saturated carbocycles. The van der Waals surface area contributed by atoms with E-state index in [0.29, 0.717) is 19.0 Å². The molecule has 0 aliphatic carbocycles. The molecule has 2 rings (SSSR count). The largest absolute Gasteiger partial charge is 0.339 e. The van der Waals surface area contributed by atoms with Crippen molar-refractivity contribution in [2.45, 2.75) is 25.8 Å². The minimum atomic E-state index is -0.932. The van der Waals surface area contributed by atoms with Crippen molar-refractivity contribution < 1.29 is 13.6 Å². The zero-order valence-electron chi connectivity index (χ0n) is 10.9. The Morgan fingerprint density at radius 2 is 2.21 bits per heavy atom. The minimum Gasteiger partial charge on any atom is -0.339 e. The van der Waals surface area contributed by atoms with Gasteiger partial charge in [-0.25, -0.2) is 8.78 Å². The number of rotatable bonds is 3. The summed E-state index contributed by atoms with van der Waals surface area (Å²) in [6.45, 7) is 3.10. The van der Waals surface area contributed by atoms with Crippen LogP contribution in [0, 0.1) is 17.6 Å². The topological polar surface area (TPSA) is 46.3 Å². The number of hydrogen-bond donors (Lipinski definition) is 1. The van der Waals surface area contributed by atoms with Crippen molar-refractivity contribution in [3.05, 3.63) is 35.4 Å². The van der Waals surface area contributed by atoms with Crippen molar-refractivity contribution in [2.24, 2.45) is 11.7 Å². The highest BCUT2D eigenvalue weighted by atomic mass is 19.2. The molecule has 2 N–H and O–H groups in total. The van der Waals surface area contributed by atoms with Crippen LogP contribution in [0.25, 0.3) is 0 Å². The number of benzene rings is 1. The molecule has 1 aliphatic rings. The third-order valence-electron chi connectivity index (χ3n) is 3.69. The van der Waals surface area contributed by atoms with E-state index in [1.807, 2.05) is 6.92 Å². The normalized spacial score (nSPS) is 22.8. The van der Waals surface area contributed by atoms with Gasteiger partial charge >= 0.3 is 0 Å². The lowest BCUT2D eigenvalue weighted by atomic mass is 10.1. The van der Waals surface area contributed by atoms with Crippen LogP contribution in [0.15, 0.2) is 18.2 Å². The summed E-state index contributed by atoms with van der Waals surface area (Å²) in [5, 5.41) is 0. The molecule has 1 aliphatic heterocycles. The molecule has 1 fully saturated rings. The number of amides is 1. The third-order valence-corrected chi connectivity index (χ3v) is 3.69. The second-order valence-corrected chi connectivity index (χ2v) is 5.12. The van der Waals surface area contributed by atoms with Gasteiger partial charge in [0.15, 0.2) is 11.6 Å². The Morgan fingerprint density at radius 1 is 1.47 bits per heavy atom. The van der Waals surface area contributed by atoms with E-state index in [1.54, 1.807) is 4.90 Å². The first-order chi connectivity index (χ1) is 9.02. The highest BCUT2D eigenvalue weighted by Crippen LogP contribution is 2.23. The molecule has 0 radical (unpaired) electrons. The van der Waals surface area contributed by atoms with Gasteiger partial charge in [-0.05, 0) is 31.9 Å². The molecule has 3 nitrogen and oxygen atoms in total. The molecule has 104 valence electrons. The number of carbonyl (C=O) groups excluding carboxylic acids is 1. The first-order valence-electron chi connectivity index (χ1n) is 6.45. The zero-order valence-corrected chi connectivity index (χ0v) is 10.9. The van der Waals surface area contributed by atoms with Gasteiger partial charge in [0.1, 0.15) is 0 Å². The van der Waals surface area contributed by atoms with Gasteiger partial charge in [-0.1, -0.05) is 12.1 Å².